The number of carboxylic acids is 1. The number of aromatic hydroxyl groups is 1. The van der Waals surface area contributed by atoms with Crippen molar-refractivity contribution in [2.45, 2.75) is 25.8 Å². The third-order valence-corrected chi connectivity index (χ3v) is 4.81. The lowest BCUT2D eigenvalue weighted by molar-refractivity contribution is -0.120. The molecule has 2 aromatic carbocycles. The monoisotopic (exact) mass is 382 g/mol. The first-order chi connectivity index (χ1) is 13.3. The summed E-state index contributed by atoms with van der Waals surface area (Å²) in [5.41, 5.74) is 1.74. The minimum atomic E-state index is -1.20. The number of carboxylic acid groups (broad SMARTS) is 1. The van der Waals surface area contributed by atoms with E-state index >= 15 is 0 Å². The van der Waals surface area contributed by atoms with Crippen LogP contribution in [0.4, 0.5) is 0 Å². The number of amides is 2. The Kier molecular flexibility index (Phi) is 5.63. The lowest BCUT2D eigenvalue weighted by Crippen LogP contribution is -2.49. The summed E-state index contributed by atoms with van der Waals surface area (Å²) < 4.78 is 0. The first kappa shape index (κ1) is 19.4. The van der Waals surface area contributed by atoms with Crippen LogP contribution in [-0.4, -0.2) is 52.0 Å². The summed E-state index contributed by atoms with van der Waals surface area (Å²) in [6.45, 7) is 2.61. The molecule has 7 heteroatoms. The van der Waals surface area contributed by atoms with E-state index in [1.165, 1.54) is 19.1 Å². The zero-order valence-corrected chi connectivity index (χ0v) is 15.5. The van der Waals surface area contributed by atoms with Gasteiger partial charge in [0.2, 0.25) is 5.91 Å². The smallest absolute Gasteiger partial charge is 0.339 e. The van der Waals surface area contributed by atoms with Crippen molar-refractivity contribution < 1.29 is 24.6 Å². The van der Waals surface area contributed by atoms with Gasteiger partial charge in [0, 0.05) is 31.6 Å². The number of phenols is 1. The summed E-state index contributed by atoms with van der Waals surface area (Å²) in [6, 6.07) is 11.2. The van der Waals surface area contributed by atoms with Crippen molar-refractivity contribution in [3.63, 3.8) is 0 Å². The Labute approximate surface area is 162 Å². The van der Waals surface area contributed by atoms with Gasteiger partial charge in [0.25, 0.3) is 5.91 Å². The lowest BCUT2D eigenvalue weighted by atomic mass is 10.00. The van der Waals surface area contributed by atoms with E-state index in [0.29, 0.717) is 24.2 Å². The molecule has 1 atom stereocenters. The van der Waals surface area contributed by atoms with Gasteiger partial charge >= 0.3 is 5.97 Å². The molecule has 1 fully saturated rings. The Morgan fingerprint density at radius 3 is 2.39 bits per heavy atom. The van der Waals surface area contributed by atoms with Crippen LogP contribution >= 0.6 is 0 Å². The predicted molar refractivity (Wildman–Crippen MR) is 103 cm³/mol. The number of piperidine rings is 1. The van der Waals surface area contributed by atoms with Gasteiger partial charge in [0.15, 0.2) is 0 Å². The number of hydrogen-bond donors (Lipinski definition) is 3. The molecule has 3 N–H and O–H groups in total. The van der Waals surface area contributed by atoms with E-state index in [4.69, 9.17) is 5.11 Å². The molecule has 0 saturated carbocycles. The van der Waals surface area contributed by atoms with Gasteiger partial charge in [-0.2, -0.15) is 0 Å². The molecule has 3 rings (SSSR count). The Morgan fingerprint density at radius 1 is 1.07 bits per heavy atom. The maximum Gasteiger partial charge on any atom is 0.339 e. The summed E-state index contributed by atoms with van der Waals surface area (Å²) >= 11 is 0. The van der Waals surface area contributed by atoms with Crippen LogP contribution in [0.5, 0.6) is 5.75 Å². The van der Waals surface area contributed by atoms with E-state index in [9.17, 15) is 19.5 Å². The van der Waals surface area contributed by atoms with Crippen molar-refractivity contribution in [1.29, 1.82) is 0 Å². The largest absolute Gasteiger partial charge is 0.507 e. The quantitative estimate of drug-likeness (QED) is 0.753. The third kappa shape index (κ3) is 4.31. The van der Waals surface area contributed by atoms with Crippen LogP contribution in [0.25, 0.3) is 11.1 Å². The summed E-state index contributed by atoms with van der Waals surface area (Å²) in [7, 11) is 0. The van der Waals surface area contributed by atoms with Crippen LogP contribution in [-0.2, 0) is 4.79 Å². The minimum absolute atomic E-state index is 0.0269. The molecule has 0 unspecified atom stereocenters. The van der Waals surface area contributed by atoms with Crippen molar-refractivity contribution in [3.8, 4) is 16.9 Å². The van der Waals surface area contributed by atoms with E-state index in [0.717, 1.165) is 18.4 Å². The van der Waals surface area contributed by atoms with Crippen molar-refractivity contribution in [1.82, 2.24) is 10.2 Å². The van der Waals surface area contributed by atoms with E-state index in [1.54, 1.807) is 35.2 Å². The second-order valence-corrected chi connectivity index (χ2v) is 6.91. The standard InChI is InChI=1S/C21H22N2O5/c1-13(24)22-17-3-2-10-23(12-17)20(26)15-6-4-14(5-7-15)16-8-9-19(25)18(11-16)21(27)28/h4-9,11,17,25H,2-3,10,12H2,1H3,(H,22,24)(H,27,28)/t17-/m1/s1. The lowest BCUT2D eigenvalue weighted by Gasteiger charge is -2.33. The zero-order chi connectivity index (χ0) is 20.3. The maximum absolute atomic E-state index is 12.8. The normalized spacial score (nSPS) is 16.5. The minimum Gasteiger partial charge on any atom is -0.507 e. The SMILES string of the molecule is CC(=O)N[C@@H]1CCCN(C(=O)c2ccc(-c3ccc(O)c(C(=O)O)c3)cc2)C1. The second-order valence-electron chi connectivity index (χ2n) is 6.91. The van der Waals surface area contributed by atoms with Gasteiger partial charge in [-0.1, -0.05) is 18.2 Å². The average molecular weight is 382 g/mol. The molecule has 1 aliphatic rings. The Balaban J connectivity index is 1.75. The number of nitrogens with zero attached hydrogens (tertiary/aromatic N) is 1. The molecule has 2 aromatic rings. The number of likely N-dealkylation sites (tertiary alicyclic amines) is 1. The summed E-state index contributed by atoms with van der Waals surface area (Å²) in [5, 5.41) is 21.6. The molecule has 1 saturated heterocycles. The molecule has 1 heterocycles. The van der Waals surface area contributed by atoms with Gasteiger partial charge in [-0.25, -0.2) is 4.79 Å². The van der Waals surface area contributed by atoms with Crippen LogP contribution < -0.4 is 5.32 Å². The fourth-order valence-electron chi connectivity index (χ4n) is 3.44. The average Bonchev–Trinajstić information content (AvgIpc) is 2.67. The Morgan fingerprint density at radius 2 is 1.75 bits per heavy atom. The van der Waals surface area contributed by atoms with Gasteiger partial charge in [-0.05, 0) is 48.2 Å². The van der Waals surface area contributed by atoms with Crippen LogP contribution in [0.3, 0.4) is 0 Å². The maximum atomic E-state index is 12.8. The number of aromatic carboxylic acids is 1. The fourth-order valence-corrected chi connectivity index (χ4v) is 3.44. The highest BCUT2D eigenvalue weighted by Gasteiger charge is 2.25. The van der Waals surface area contributed by atoms with Gasteiger partial charge in [-0.3, -0.25) is 9.59 Å². The molecular weight excluding hydrogens is 360 g/mol. The topological polar surface area (TPSA) is 107 Å². The molecule has 0 radical (unpaired) electrons. The molecule has 0 aliphatic carbocycles. The predicted octanol–water partition coefficient (Wildman–Crippen LogP) is 2.50. The molecular formula is C21H22N2O5. The first-order valence-corrected chi connectivity index (χ1v) is 9.08. The summed E-state index contributed by atoms with van der Waals surface area (Å²) in [5.74, 6) is -1.69. The second kappa shape index (κ2) is 8.12. The molecule has 28 heavy (non-hydrogen) atoms. The van der Waals surface area contributed by atoms with Crippen LogP contribution in [0.15, 0.2) is 42.5 Å². The molecule has 0 spiro atoms. The van der Waals surface area contributed by atoms with Crippen molar-refractivity contribution >= 4 is 17.8 Å². The van der Waals surface area contributed by atoms with Gasteiger partial charge in [-0.15, -0.1) is 0 Å². The Bertz CT molecular complexity index is 908. The third-order valence-electron chi connectivity index (χ3n) is 4.81. The number of nitrogens with one attached hydrogen (secondary N) is 1. The van der Waals surface area contributed by atoms with Crippen molar-refractivity contribution in [2.24, 2.45) is 0 Å². The van der Waals surface area contributed by atoms with E-state index in [2.05, 4.69) is 5.32 Å². The number of carbonyl (C=O) groups excluding carboxylic acids is 2. The van der Waals surface area contributed by atoms with Crippen LogP contribution in [0.1, 0.15) is 40.5 Å². The number of rotatable bonds is 4. The van der Waals surface area contributed by atoms with Crippen LogP contribution in [0.2, 0.25) is 0 Å². The van der Waals surface area contributed by atoms with Gasteiger partial charge in [0.1, 0.15) is 11.3 Å². The van der Waals surface area contributed by atoms with E-state index in [1.807, 2.05) is 0 Å². The highest BCUT2D eigenvalue weighted by molar-refractivity contribution is 5.95. The van der Waals surface area contributed by atoms with Crippen molar-refractivity contribution in [3.05, 3.63) is 53.6 Å². The number of benzene rings is 2. The number of hydrogen-bond acceptors (Lipinski definition) is 4. The molecule has 7 nitrogen and oxygen atoms in total. The Hall–Kier alpha value is -3.35. The molecule has 0 aromatic heterocycles. The molecule has 1 aliphatic heterocycles. The van der Waals surface area contributed by atoms with E-state index in [-0.39, 0.29) is 29.2 Å². The first-order valence-electron chi connectivity index (χ1n) is 9.08. The van der Waals surface area contributed by atoms with Crippen molar-refractivity contribution in [2.75, 3.05) is 13.1 Å². The van der Waals surface area contributed by atoms with Gasteiger partial charge in [0.05, 0.1) is 0 Å². The van der Waals surface area contributed by atoms with Gasteiger partial charge < -0.3 is 20.4 Å². The summed E-state index contributed by atoms with van der Waals surface area (Å²) in [4.78, 5) is 36.9. The van der Waals surface area contributed by atoms with E-state index < -0.39 is 5.97 Å². The highest BCUT2D eigenvalue weighted by Crippen LogP contribution is 2.26. The summed E-state index contributed by atoms with van der Waals surface area (Å²) in [6.07, 6.45) is 1.69. The highest BCUT2D eigenvalue weighted by atomic mass is 16.4. The molecule has 0 bridgehead atoms. The number of carbonyl (C=O) groups is 3. The zero-order valence-electron chi connectivity index (χ0n) is 15.5. The fraction of sp³-hybridized carbons (Fsp3) is 0.286. The molecule has 2 amide bonds. The van der Waals surface area contributed by atoms with Crippen LogP contribution in [0, 0.1) is 0 Å². The molecule has 146 valence electrons.